The Kier molecular flexibility index (Phi) is 6.40. The highest BCUT2D eigenvalue weighted by molar-refractivity contribution is 5.79. The van der Waals surface area contributed by atoms with Crippen molar-refractivity contribution in [2.24, 2.45) is 5.92 Å². The SMILES string of the molecule is O=C([C@H]1CCCN(C2CCN(C3Cc4ccccc4C3)CC2)C1)N1CCCOCC1. The predicted molar refractivity (Wildman–Crippen MR) is 119 cm³/mol. The van der Waals surface area contributed by atoms with E-state index in [1.807, 2.05) is 0 Å². The fourth-order valence-electron chi connectivity index (χ4n) is 6.17. The van der Waals surface area contributed by atoms with Gasteiger partial charge in [-0.3, -0.25) is 14.6 Å². The Morgan fingerprint density at radius 1 is 0.800 bits per heavy atom. The highest BCUT2D eigenvalue weighted by Gasteiger charge is 2.35. The summed E-state index contributed by atoms with van der Waals surface area (Å²) < 4.78 is 5.54. The average Bonchev–Trinajstić information content (AvgIpc) is 3.05. The van der Waals surface area contributed by atoms with Crippen LogP contribution < -0.4 is 0 Å². The number of fused-ring (bicyclic) bond motifs is 1. The van der Waals surface area contributed by atoms with Gasteiger partial charge in [0, 0.05) is 38.3 Å². The molecule has 1 aromatic rings. The summed E-state index contributed by atoms with van der Waals surface area (Å²) in [5.41, 5.74) is 3.11. The number of likely N-dealkylation sites (tertiary alicyclic amines) is 2. The van der Waals surface area contributed by atoms with Crippen LogP contribution in [0.3, 0.4) is 0 Å². The lowest BCUT2D eigenvalue weighted by molar-refractivity contribution is -0.137. The second-order valence-corrected chi connectivity index (χ2v) is 9.72. The molecule has 164 valence electrons. The molecule has 1 aromatic carbocycles. The van der Waals surface area contributed by atoms with Crippen molar-refractivity contribution in [3.63, 3.8) is 0 Å². The first-order valence-electron chi connectivity index (χ1n) is 12.2. The molecule has 1 amide bonds. The number of hydrogen-bond acceptors (Lipinski definition) is 4. The molecule has 0 radical (unpaired) electrons. The zero-order chi connectivity index (χ0) is 20.3. The summed E-state index contributed by atoms with van der Waals surface area (Å²) in [6, 6.07) is 10.3. The van der Waals surface area contributed by atoms with Crippen molar-refractivity contribution in [3.05, 3.63) is 35.4 Å². The van der Waals surface area contributed by atoms with E-state index >= 15 is 0 Å². The van der Waals surface area contributed by atoms with Crippen molar-refractivity contribution in [2.45, 2.75) is 57.0 Å². The topological polar surface area (TPSA) is 36.0 Å². The number of amides is 1. The van der Waals surface area contributed by atoms with E-state index in [9.17, 15) is 4.79 Å². The molecular weight excluding hydrogens is 374 g/mol. The molecule has 0 saturated carbocycles. The van der Waals surface area contributed by atoms with Gasteiger partial charge in [-0.15, -0.1) is 0 Å². The zero-order valence-electron chi connectivity index (χ0n) is 18.3. The van der Waals surface area contributed by atoms with Crippen molar-refractivity contribution in [3.8, 4) is 0 Å². The zero-order valence-corrected chi connectivity index (χ0v) is 18.3. The molecule has 1 aliphatic carbocycles. The average molecular weight is 412 g/mol. The maximum absolute atomic E-state index is 13.1. The lowest BCUT2D eigenvalue weighted by Gasteiger charge is -2.44. The minimum absolute atomic E-state index is 0.194. The van der Waals surface area contributed by atoms with Gasteiger partial charge >= 0.3 is 0 Å². The number of nitrogens with zero attached hydrogens (tertiary/aromatic N) is 3. The molecule has 0 N–H and O–H groups in total. The van der Waals surface area contributed by atoms with Crippen molar-refractivity contribution < 1.29 is 9.53 Å². The molecule has 0 aromatic heterocycles. The summed E-state index contributed by atoms with van der Waals surface area (Å²) in [6.45, 7) is 7.71. The number of hydrogen-bond donors (Lipinski definition) is 0. The fraction of sp³-hybridized carbons (Fsp3) is 0.720. The van der Waals surface area contributed by atoms with Crippen LogP contribution in [0.1, 0.15) is 43.2 Å². The van der Waals surface area contributed by atoms with Crippen molar-refractivity contribution in [1.29, 1.82) is 0 Å². The van der Waals surface area contributed by atoms with E-state index in [-0.39, 0.29) is 5.92 Å². The molecule has 0 bridgehead atoms. The highest BCUT2D eigenvalue weighted by Crippen LogP contribution is 2.30. The molecule has 5 heteroatoms. The van der Waals surface area contributed by atoms with Gasteiger partial charge in [0.25, 0.3) is 0 Å². The van der Waals surface area contributed by atoms with Crippen LogP contribution in [0.15, 0.2) is 24.3 Å². The Labute approximate surface area is 181 Å². The molecule has 3 fully saturated rings. The molecule has 4 aliphatic rings. The molecule has 3 heterocycles. The molecule has 5 nitrogen and oxygen atoms in total. The number of carbonyl (C=O) groups excluding carboxylic acids is 1. The first kappa shape index (κ1) is 20.5. The Morgan fingerprint density at radius 3 is 2.33 bits per heavy atom. The van der Waals surface area contributed by atoms with E-state index in [4.69, 9.17) is 4.74 Å². The van der Waals surface area contributed by atoms with E-state index in [1.54, 1.807) is 11.1 Å². The minimum Gasteiger partial charge on any atom is -0.380 e. The molecule has 30 heavy (non-hydrogen) atoms. The third-order valence-corrected chi connectivity index (χ3v) is 7.90. The highest BCUT2D eigenvalue weighted by atomic mass is 16.5. The summed E-state index contributed by atoms with van der Waals surface area (Å²) in [4.78, 5) is 20.6. The first-order chi connectivity index (χ1) is 14.8. The van der Waals surface area contributed by atoms with Gasteiger partial charge in [-0.1, -0.05) is 24.3 Å². The van der Waals surface area contributed by atoms with Crippen LogP contribution in [0.5, 0.6) is 0 Å². The van der Waals surface area contributed by atoms with Crippen LogP contribution in [0, 0.1) is 5.92 Å². The molecule has 1 atom stereocenters. The van der Waals surface area contributed by atoms with Crippen LogP contribution in [-0.4, -0.2) is 85.2 Å². The van der Waals surface area contributed by atoms with E-state index < -0.39 is 0 Å². The lowest BCUT2D eigenvalue weighted by Crippen LogP contribution is -2.52. The third-order valence-electron chi connectivity index (χ3n) is 7.90. The normalized spacial score (nSPS) is 27.7. The van der Waals surface area contributed by atoms with Gasteiger partial charge in [0.1, 0.15) is 0 Å². The molecule has 3 aliphatic heterocycles. The first-order valence-corrected chi connectivity index (χ1v) is 12.2. The van der Waals surface area contributed by atoms with Gasteiger partial charge in [-0.2, -0.15) is 0 Å². The molecular formula is C25H37N3O2. The maximum Gasteiger partial charge on any atom is 0.227 e. The van der Waals surface area contributed by atoms with E-state index in [0.717, 1.165) is 39.1 Å². The molecule has 3 saturated heterocycles. The fourth-order valence-corrected chi connectivity index (χ4v) is 6.17. The third kappa shape index (κ3) is 4.44. The predicted octanol–water partition coefficient (Wildman–Crippen LogP) is 2.58. The molecule has 0 unspecified atom stereocenters. The van der Waals surface area contributed by atoms with Crippen molar-refractivity contribution >= 4 is 5.91 Å². The number of ether oxygens (including phenoxy) is 1. The van der Waals surface area contributed by atoms with Crippen molar-refractivity contribution in [2.75, 3.05) is 52.5 Å². The monoisotopic (exact) mass is 411 g/mol. The Balaban J connectivity index is 1.12. The summed E-state index contributed by atoms with van der Waals surface area (Å²) in [7, 11) is 0. The summed E-state index contributed by atoms with van der Waals surface area (Å²) in [6.07, 6.45) is 8.16. The van der Waals surface area contributed by atoms with Crippen LogP contribution in [-0.2, 0) is 22.4 Å². The standard InChI is InChI=1S/C25H37N3O2/c29-25(27-11-4-15-30-16-14-27)22-7-3-10-28(19-22)23-8-12-26(13-9-23)24-17-20-5-1-2-6-21(20)18-24/h1-2,5-6,22-24H,3-4,7-19H2/t22-/m0/s1. The smallest absolute Gasteiger partial charge is 0.227 e. The summed E-state index contributed by atoms with van der Waals surface area (Å²) in [5.74, 6) is 0.575. The Morgan fingerprint density at radius 2 is 1.57 bits per heavy atom. The van der Waals surface area contributed by atoms with Gasteiger partial charge in [0.05, 0.1) is 12.5 Å². The quantitative estimate of drug-likeness (QED) is 0.766. The number of benzene rings is 1. The van der Waals surface area contributed by atoms with E-state index in [1.165, 1.54) is 51.7 Å². The van der Waals surface area contributed by atoms with Gasteiger partial charge in [-0.05, 0) is 75.7 Å². The van der Waals surface area contributed by atoms with E-state index in [0.29, 0.717) is 24.6 Å². The minimum atomic E-state index is 0.194. The number of rotatable bonds is 3. The van der Waals surface area contributed by atoms with Crippen molar-refractivity contribution in [1.82, 2.24) is 14.7 Å². The van der Waals surface area contributed by atoms with Crippen LogP contribution in [0.2, 0.25) is 0 Å². The Hall–Kier alpha value is -1.43. The second-order valence-electron chi connectivity index (χ2n) is 9.72. The summed E-state index contributed by atoms with van der Waals surface area (Å²) in [5, 5.41) is 0. The summed E-state index contributed by atoms with van der Waals surface area (Å²) >= 11 is 0. The maximum atomic E-state index is 13.1. The number of piperidine rings is 2. The molecule has 5 rings (SSSR count). The van der Waals surface area contributed by atoms with Crippen LogP contribution >= 0.6 is 0 Å². The van der Waals surface area contributed by atoms with Gasteiger partial charge in [0.15, 0.2) is 0 Å². The largest absolute Gasteiger partial charge is 0.380 e. The molecule has 0 spiro atoms. The van der Waals surface area contributed by atoms with E-state index in [2.05, 4.69) is 39.0 Å². The second kappa shape index (κ2) is 9.37. The van der Waals surface area contributed by atoms with Gasteiger partial charge in [-0.25, -0.2) is 0 Å². The van der Waals surface area contributed by atoms with Gasteiger partial charge < -0.3 is 9.64 Å². The lowest BCUT2D eigenvalue weighted by atomic mass is 9.92. The van der Waals surface area contributed by atoms with Crippen LogP contribution in [0.25, 0.3) is 0 Å². The van der Waals surface area contributed by atoms with Crippen LogP contribution in [0.4, 0.5) is 0 Å². The number of carbonyl (C=O) groups is 1. The van der Waals surface area contributed by atoms with Gasteiger partial charge in [0.2, 0.25) is 5.91 Å². The Bertz CT molecular complexity index is 698.